The van der Waals surface area contributed by atoms with Gasteiger partial charge in [0.2, 0.25) is 0 Å². The summed E-state index contributed by atoms with van der Waals surface area (Å²) in [5.41, 5.74) is 2.23. The molecule has 0 spiro atoms. The van der Waals surface area contributed by atoms with E-state index in [1.54, 1.807) is 0 Å². The number of anilines is 2. The number of carbonyl (C=O) groups excluding carboxylic acids is 1. The van der Waals surface area contributed by atoms with Crippen molar-refractivity contribution in [2.75, 3.05) is 31.1 Å². The highest BCUT2D eigenvalue weighted by Crippen LogP contribution is 2.36. The molecular weight excluding hydrogens is 410 g/mol. The molecule has 2 aliphatic rings. The van der Waals surface area contributed by atoms with Gasteiger partial charge in [0.05, 0.1) is 0 Å². The van der Waals surface area contributed by atoms with Gasteiger partial charge in [0.25, 0.3) is 0 Å². The number of ether oxygens (including phenoxy) is 1. The van der Waals surface area contributed by atoms with Crippen molar-refractivity contribution in [3.63, 3.8) is 0 Å². The summed E-state index contributed by atoms with van der Waals surface area (Å²) in [7, 11) is 0. The molecule has 0 saturated carbocycles. The predicted molar refractivity (Wildman–Crippen MR) is 135 cm³/mol. The lowest BCUT2D eigenvalue weighted by atomic mass is 9.85. The number of likely N-dealkylation sites (tertiary alicyclic amines) is 2. The van der Waals surface area contributed by atoms with Crippen molar-refractivity contribution in [3.05, 3.63) is 60.7 Å². The molecule has 0 N–H and O–H groups in total. The maximum absolute atomic E-state index is 12.5. The van der Waals surface area contributed by atoms with E-state index in [0.29, 0.717) is 6.04 Å². The Bertz CT molecular complexity index is 854. The van der Waals surface area contributed by atoms with Gasteiger partial charge in [-0.1, -0.05) is 36.4 Å². The number of para-hydroxylation sites is 2. The van der Waals surface area contributed by atoms with Crippen LogP contribution in [0.3, 0.4) is 0 Å². The number of benzene rings is 2. The lowest BCUT2D eigenvalue weighted by Gasteiger charge is -2.50. The predicted octanol–water partition coefficient (Wildman–Crippen LogP) is 6.08. The Balaban J connectivity index is 1.38. The lowest BCUT2D eigenvalue weighted by Crippen LogP contribution is -2.58. The van der Waals surface area contributed by atoms with E-state index < -0.39 is 5.60 Å². The average Bonchev–Trinajstić information content (AvgIpc) is 2.80. The second-order valence-electron chi connectivity index (χ2n) is 10.7. The Labute approximate surface area is 199 Å². The summed E-state index contributed by atoms with van der Waals surface area (Å²) in [6.07, 6.45) is 4.09. The average molecular weight is 450 g/mol. The highest BCUT2D eigenvalue weighted by atomic mass is 16.6. The number of piperidine rings is 2. The first-order valence-corrected chi connectivity index (χ1v) is 12.4. The Morgan fingerprint density at radius 3 is 1.82 bits per heavy atom. The minimum absolute atomic E-state index is 0.147. The smallest absolute Gasteiger partial charge is 0.410 e. The standard InChI is InChI=1S/C28H39N3O2/c1-27(2,3)33-26(32)29-21-17-28(4,18-22-29)30-19-15-25(16-20-30)31(23-11-7-5-8-12-23)24-13-9-6-10-14-24/h5-14,25H,15-22H2,1-4H3. The number of carbonyl (C=O) groups is 1. The zero-order chi connectivity index (χ0) is 23.5. The van der Waals surface area contributed by atoms with Crippen LogP contribution >= 0.6 is 0 Å². The van der Waals surface area contributed by atoms with E-state index in [4.69, 9.17) is 4.74 Å². The first-order chi connectivity index (χ1) is 15.8. The molecule has 0 aromatic heterocycles. The molecular formula is C28H39N3O2. The van der Waals surface area contributed by atoms with E-state index in [1.165, 1.54) is 11.4 Å². The summed E-state index contributed by atoms with van der Waals surface area (Å²) < 4.78 is 5.58. The highest BCUT2D eigenvalue weighted by molar-refractivity contribution is 5.68. The van der Waals surface area contributed by atoms with E-state index in [9.17, 15) is 4.79 Å². The van der Waals surface area contributed by atoms with Gasteiger partial charge in [-0.15, -0.1) is 0 Å². The van der Waals surface area contributed by atoms with Crippen LogP contribution in [0.1, 0.15) is 53.4 Å². The Morgan fingerprint density at radius 1 is 0.879 bits per heavy atom. The van der Waals surface area contributed by atoms with Gasteiger partial charge < -0.3 is 14.5 Å². The van der Waals surface area contributed by atoms with Gasteiger partial charge in [-0.25, -0.2) is 4.79 Å². The van der Waals surface area contributed by atoms with E-state index in [2.05, 4.69) is 77.4 Å². The Kier molecular flexibility index (Phi) is 6.99. The van der Waals surface area contributed by atoms with Crippen molar-refractivity contribution in [2.24, 2.45) is 0 Å². The third-order valence-corrected chi connectivity index (χ3v) is 7.15. The van der Waals surface area contributed by atoms with Gasteiger partial charge in [-0.05, 0) is 77.6 Å². The lowest BCUT2D eigenvalue weighted by molar-refractivity contribution is -0.00751. The highest BCUT2D eigenvalue weighted by Gasteiger charge is 2.40. The first-order valence-electron chi connectivity index (χ1n) is 12.4. The molecule has 0 radical (unpaired) electrons. The number of hydrogen-bond donors (Lipinski definition) is 0. The quantitative estimate of drug-likeness (QED) is 0.567. The van der Waals surface area contributed by atoms with Crippen LogP contribution < -0.4 is 4.90 Å². The summed E-state index contributed by atoms with van der Waals surface area (Å²) >= 11 is 0. The molecule has 2 aromatic rings. The van der Waals surface area contributed by atoms with Crippen molar-refractivity contribution in [2.45, 2.75) is 70.6 Å². The van der Waals surface area contributed by atoms with Crippen LogP contribution in [-0.2, 0) is 4.74 Å². The number of amides is 1. The summed E-state index contributed by atoms with van der Waals surface area (Å²) in [5.74, 6) is 0. The molecule has 2 heterocycles. The minimum atomic E-state index is -0.441. The summed E-state index contributed by atoms with van der Waals surface area (Å²) in [4.78, 5) is 19.5. The molecule has 0 atom stereocenters. The summed E-state index contributed by atoms with van der Waals surface area (Å²) in [6.45, 7) is 11.9. The van der Waals surface area contributed by atoms with E-state index in [0.717, 1.165) is 51.9 Å². The maximum Gasteiger partial charge on any atom is 0.410 e. The van der Waals surface area contributed by atoms with Crippen molar-refractivity contribution in [1.82, 2.24) is 9.80 Å². The summed E-state index contributed by atoms with van der Waals surface area (Å²) in [5, 5.41) is 0. The molecule has 2 aliphatic heterocycles. The molecule has 4 rings (SSSR count). The van der Waals surface area contributed by atoms with Crippen molar-refractivity contribution in [3.8, 4) is 0 Å². The van der Waals surface area contributed by atoms with Crippen molar-refractivity contribution in [1.29, 1.82) is 0 Å². The minimum Gasteiger partial charge on any atom is -0.444 e. The van der Waals surface area contributed by atoms with Crippen LogP contribution in [0.4, 0.5) is 16.2 Å². The Morgan fingerprint density at radius 2 is 1.36 bits per heavy atom. The fourth-order valence-electron chi connectivity index (χ4n) is 5.23. The second-order valence-corrected chi connectivity index (χ2v) is 10.7. The largest absolute Gasteiger partial charge is 0.444 e. The molecule has 5 nitrogen and oxygen atoms in total. The molecule has 0 aliphatic carbocycles. The monoisotopic (exact) mass is 449 g/mol. The number of hydrogen-bond acceptors (Lipinski definition) is 4. The normalized spacial score (nSPS) is 19.8. The zero-order valence-corrected chi connectivity index (χ0v) is 20.7. The van der Waals surface area contributed by atoms with Crippen LogP contribution in [0.2, 0.25) is 0 Å². The van der Waals surface area contributed by atoms with Crippen LogP contribution in [0.15, 0.2) is 60.7 Å². The molecule has 0 bridgehead atoms. The van der Waals surface area contributed by atoms with Crippen LogP contribution in [0.25, 0.3) is 0 Å². The fourth-order valence-corrected chi connectivity index (χ4v) is 5.23. The van der Waals surface area contributed by atoms with Gasteiger partial charge in [0.15, 0.2) is 0 Å². The van der Waals surface area contributed by atoms with E-state index in [1.807, 2.05) is 25.7 Å². The second kappa shape index (κ2) is 9.76. The number of rotatable bonds is 4. The molecule has 1 amide bonds. The van der Waals surface area contributed by atoms with Crippen LogP contribution in [0.5, 0.6) is 0 Å². The van der Waals surface area contributed by atoms with Crippen LogP contribution in [0, 0.1) is 0 Å². The molecule has 2 saturated heterocycles. The van der Waals surface area contributed by atoms with Gasteiger partial charge in [-0.3, -0.25) is 4.90 Å². The molecule has 178 valence electrons. The number of nitrogens with zero attached hydrogens (tertiary/aromatic N) is 3. The van der Waals surface area contributed by atoms with Gasteiger partial charge >= 0.3 is 6.09 Å². The van der Waals surface area contributed by atoms with Gasteiger partial charge in [-0.2, -0.15) is 0 Å². The molecule has 33 heavy (non-hydrogen) atoms. The molecule has 5 heteroatoms. The Hall–Kier alpha value is -2.53. The molecule has 2 aromatic carbocycles. The SMILES string of the molecule is CC(C)(C)OC(=O)N1CCC(C)(N2CCC(N(c3ccccc3)c3ccccc3)CC2)CC1. The van der Waals surface area contributed by atoms with E-state index in [-0.39, 0.29) is 11.6 Å². The first kappa shape index (κ1) is 23.6. The molecule has 2 fully saturated rings. The van der Waals surface area contributed by atoms with Gasteiger partial charge in [0.1, 0.15) is 5.60 Å². The third-order valence-electron chi connectivity index (χ3n) is 7.15. The topological polar surface area (TPSA) is 36.0 Å². The van der Waals surface area contributed by atoms with Crippen LogP contribution in [-0.4, -0.2) is 59.3 Å². The fraction of sp³-hybridized carbons (Fsp3) is 0.536. The zero-order valence-electron chi connectivity index (χ0n) is 20.7. The van der Waals surface area contributed by atoms with Gasteiger partial charge in [0, 0.05) is 49.1 Å². The summed E-state index contributed by atoms with van der Waals surface area (Å²) in [6, 6.07) is 22.0. The van der Waals surface area contributed by atoms with E-state index >= 15 is 0 Å². The van der Waals surface area contributed by atoms with Crippen molar-refractivity contribution < 1.29 is 9.53 Å². The van der Waals surface area contributed by atoms with Crippen molar-refractivity contribution >= 4 is 17.5 Å². The third kappa shape index (κ3) is 5.70. The maximum atomic E-state index is 12.5. The molecule has 0 unspecified atom stereocenters.